The number of allylic oxidation sites excluding steroid dienone is 4. The van der Waals surface area contributed by atoms with Crippen LogP contribution in [-0.2, 0) is 0 Å². The van der Waals surface area contributed by atoms with Gasteiger partial charge in [0, 0.05) is 11.4 Å². The Labute approximate surface area is 167 Å². The summed E-state index contributed by atoms with van der Waals surface area (Å²) in [4.78, 5) is 3.91. The van der Waals surface area contributed by atoms with Crippen LogP contribution in [0.4, 0.5) is 0 Å². The monoisotopic (exact) mass is 384 g/mol. The van der Waals surface area contributed by atoms with Crippen molar-refractivity contribution in [2.45, 2.75) is 53.0 Å². The maximum Gasteiger partial charge on any atom is 0.108 e. The Bertz CT molecular complexity index is 764. The number of thiophene rings is 1. The molecule has 5 rings (SSSR count). The molecule has 3 fully saturated rings. The summed E-state index contributed by atoms with van der Waals surface area (Å²) in [6, 6.07) is 4.80. The van der Waals surface area contributed by atoms with Crippen molar-refractivity contribution in [3.05, 3.63) is 46.4 Å². The zero-order valence-corrected chi connectivity index (χ0v) is 17.9. The van der Waals surface area contributed by atoms with E-state index in [1.54, 1.807) is 11.3 Å². The first-order valence-corrected chi connectivity index (χ1v) is 11.2. The van der Waals surface area contributed by atoms with Crippen LogP contribution in [0.2, 0.25) is 0 Å². The largest absolute Gasteiger partial charge is 0.301 e. The maximum absolute atomic E-state index is 4.46. The third kappa shape index (κ3) is 4.58. The number of rotatable bonds is 5. The average Bonchev–Trinajstić information content (AvgIpc) is 3.43. The van der Waals surface area contributed by atoms with Crippen LogP contribution < -0.4 is 0 Å². The normalized spacial score (nSPS) is 25.3. The lowest BCUT2D eigenvalue weighted by molar-refractivity contribution is 0.0504. The van der Waals surface area contributed by atoms with Crippen molar-refractivity contribution in [3.63, 3.8) is 0 Å². The molecule has 0 radical (unpaired) electrons. The van der Waals surface area contributed by atoms with Gasteiger partial charge in [0.2, 0.25) is 0 Å². The Morgan fingerprint density at radius 3 is 2.63 bits per heavy atom. The second-order valence-electron chi connectivity index (χ2n) is 7.16. The van der Waals surface area contributed by atoms with Crippen molar-refractivity contribution in [2.75, 3.05) is 19.6 Å². The van der Waals surface area contributed by atoms with E-state index in [-0.39, 0.29) is 0 Å². The summed E-state index contributed by atoms with van der Waals surface area (Å²) >= 11 is 1.80. The Morgan fingerprint density at radius 2 is 2.04 bits per heavy atom. The Kier molecular flexibility index (Phi) is 7.02. The number of aromatic nitrogens is 3. The van der Waals surface area contributed by atoms with E-state index in [4.69, 9.17) is 0 Å². The third-order valence-electron chi connectivity index (χ3n) is 5.63. The standard InChI is InChI=1S/C20H26N4S.C2H6/c1-3-16(20-5-4-12-25-20)7-6-15(2)18-13-24(22-21-18)19-14-23-10-8-17(19)9-11-23;1-2/h4-7,12-13,17,19H,3,8-11,14H2,1-2H3;1-2H3/b15-6+,16-7+;. The van der Waals surface area contributed by atoms with Crippen LogP contribution in [0, 0.1) is 5.92 Å². The Balaban J connectivity index is 0.00000102. The fraction of sp³-hybridized carbons (Fsp3) is 0.545. The van der Waals surface area contributed by atoms with Gasteiger partial charge in [-0.25, -0.2) is 4.68 Å². The molecule has 0 aliphatic carbocycles. The highest BCUT2D eigenvalue weighted by molar-refractivity contribution is 7.11. The highest BCUT2D eigenvalue weighted by Gasteiger charge is 2.35. The van der Waals surface area contributed by atoms with E-state index in [9.17, 15) is 0 Å². The van der Waals surface area contributed by atoms with E-state index >= 15 is 0 Å². The Morgan fingerprint density at radius 1 is 1.26 bits per heavy atom. The highest BCUT2D eigenvalue weighted by Crippen LogP contribution is 2.35. The lowest BCUT2D eigenvalue weighted by atomic mass is 9.84. The van der Waals surface area contributed by atoms with Gasteiger partial charge in [0.1, 0.15) is 5.69 Å². The van der Waals surface area contributed by atoms with Gasteiger partial charge in [-0.3, -0.25) is 0 Å². The van der Waals surface area contributed by atoms with Gasteiger partial charge in [-0.15, -0.1) is 16.4 Å². The molecule has 5 heteroatoms. The van der Waals surface area contributed by atoms with Crippen LogP contribution in [0.15, 0.2) is 35.9 Å². The van der Waals surface area contributed by atoms with E-state index < -0.39 is 0 Å². The SMILES string of the molecule is CC.CC/C(=C\C=C(/C)c1cn(C2CN3CCC2CC3)nn1)c1cccs1. The van der Waals surface area contributed by atoms with Crippen molar-refractivity contribution in [2.24, 2.45) is 5.92 Å². The van der Waals surface area contributed by atoms with Gasteiger partial charge in [-0.05, 0) is 67.8 Å². The molecule has 0 N–H and O–H groups in total. The molecule has 4 nitrogen and oxygen atoms in total. The summed E-state index contributed by atoms with van der Waals surface area (Å²) < 4.78 is 2.12. The van der Waals surface area contributed by atoms with Gasteiger partial charge in [0.05, 0.1) is 12.2 Å². The highest BCUT2D eigenvalue weighted by atomic mass is 32.1. The molecule has 2 aromatic rings. The summed E-state index contributed by atoms with van der Waals surface area (Å²) in [5.74, 6) is 0.772. The number of piperidine rings is 3. The summed E-state index contributed by atoms with van der Waals surface area (Å²) in [6.07, 6.45) is 10.2. The summed E-state index contributed by atoms with van der Waals surface area (Å²) in [5.41, 5.74) is 3.54. The minimum absolute atomic E-state index is 0.504. The topological polar surface area (TPSA) is 34.0 Å². The van der Waals surface area contributed by atoms with Crippen LogP contribution in [0.3, 0.4) is 0 Å². The Hall–Kier alpha value is -1.72. The molecular weight excluding hydrogens is 352 g/mol. The van der Waals surface area contributed by atoms with Crippen molar-refractivity contribution < 1.29 is 0 Å². The van der Waals surface area contributed by atoms with Crippen molar-refractivity contribution in [1.29, 1.82) is 0 Å². The summed E-state index contributed by atoms with van der Waals surface area (Å²) in [6.45, 7) is 12.0. The molecule has 3 saturated heterocycles. The number of nitrogens with zero attached hydrogens (tertiary/aromatic N) is 4. The molecule has 3 aliphatic rings. The van der Waals surface area contributed by atoms with Gasteiger partial charge in [0.15, 0.2) is 0 Å². The van der Waals surface area contributed by atoms with Crippen molar-refractivity contribution in [3.8, 4) is 0 Å². The number of fused-ring (bicyclic) bond motifs is 3. The zero-order valence-electron chi connectivity index (χ0n) is 17.1. The van der Waals surface area contributed by atoms with Crippen molar-refractivity contribution >= 4 is 22.5 Å². The molecule has 0 aromatic carbocycles. The predicted octanol–water partition coefficient (Wildman–Crippen LogP) is 5.53. The summed E-state index contributed by atoms with van der Waals surface area (Å²) in [5, 5.41) is 11.0. The van der Waals surface area contributed by atoms with E-state index in [1.807, 2.05) is 13.8 Å². The van der Waals surface area contributed by atoms with Gasteiger partial charge in [-0.1, -0.05) is 44.2 Å². The van der Waals surface area contributed by atoms with Gasteiger partial charge in [-0.2, -0.15) is 0 Å². The first-order valence-electron chi connectivity index (χ1n) is 10.3. The maximum atomic E-state index is 4.46. The zero-order chi connectivity index (χ0) is 19.2. The fourth-order valence-corrected chi connectivity index (χ4v) is 4.82. The fourth-order valence-electron chi connectivity index (χ4n) is 4.00. The second kappa shape index (κ2) is 9.47. The molecule has 1 atom stereocenters. The van der Waals surface area contributed by atoms with Crippen LogP contribution in [-0.4, -0.2) is 39.5 Å². The second-order valence-corrected chi connectivity index (χ2v) is 8.11. The lowest BCUT2D eigenvalue weighted by Gasteiger charge is -2.44. The molecule has 0 saturated carbocycles. The van der Waals surface area contributed by atoms with Crippen molar-refractivity contribution in [1.82, 2.24) is 19.9 Å². The molecule has 0 amide bonds. The third-order valence-corrected chi connectivity index (χ3v) is 6.57. The number of hydrogen-bond donors (Lipinski definition) is 0. The molecule has 5 heterocycles. The van der Waals surface area contributed by atoms with Crippen LogP contribution in [0.1, 0.15) is 63.6 Å². The predicted molar refractivity (Wildman–Crippen MR) is 116 cm³/mol. The van der Waals surface area contributed by atoms with Gasteiger partial charge in [0.25, 0.3) is 0 Å². The first kappa shape index (κ1) is 20.0. The molecule has 2 bridgehead atoms. The minimum atomic E-state index is 0.504. The van der Waals surface area contributed by atoms with E-state index in [1.165, 1.54) is 42.0 Å². The molecule has 0 spiro atoms. The molecule has 2 aromatic heterocycles. The van der Waals surface area contributed by atoms with Gasteiger partial charge < -0.3 is 4.90 Å². The minimum Gasteiger partial charge on any atom is -0.301 e. The lowest BCUT2D eigenvalue weighted by Crippen LogP contribution is -2.48. The molecule has 3 aliphatic heterocycles. The van der Waals surface area contributed by atoms with Crippen LogP contribution in [0.5, 0.6) is 0 Å². The molecule has 27 heavy (non-hydrogen) atoms. The molecule has 146 valence electrons. The smallest absolute Gasteiger partial charge is 0.108 e. The summed E-state index contributed by atoms with van der Waals surface area (Å²) in [7, 11) is 0. The molecule has 1 unspecified atom stereocenters. The molecular formula is C22H32N4S. The van der Waals surface area contributed by atoms with Crippen LogP contribution in [0.25, 0.3) is 11.1 Å². The van der Waals surface area contributed by atoms with E-state index in [2.05, 4.69) is 69.6 Å². The average molecular weight is 385 g/mol. The first-order chi connectivity index (χ1) is 13.2. The van der Waals surface area contributed by atoms with Crippen LogP contribution >= 0.6 is 11.3 Å². The van der Waals surface area contributed by atoms with E-state index in [0.29, 0.717) is 6.04 Å². The number of hydrogen-bond acceptors (Lipinski definition) is 4. The van der Waals surface area contributed by atoms with E-state index in [0.717, 1.165) is 24.6 Å². The quantitative estimate of drug-likeness (QED) is 0.636. The van der Waals surface area contributed by atoms with Gasteiger partial charge >= 0.3 is 0 Å².